The largest absolute Gasteiger partial charge is 0.478 e. The highest BCUT2D eigenvalue weighted by molar-refractivity contribution is 6.35. The van der Waals surface area contributed by atoms with Gasteiger partial charge in [-0.3, -0.25) is 0 Å². The number of fused-ring (bicyclic) bond motifs is 1. The molecule has 70 valence electrons. The van der Waals surface area contributed by atoms with Gasteiger partial charge in [-0.1, -0.05) is 41.9 Å². The number of carbonyl (C=O) groups is 1. The van der Waals surface area contributed by atoms with Crippen LogP contribution in [0.1, 0.15) is 10.4 Å². The first kappa shape index (κ1) is 9.03. The second-order valence-corrected chi connectivity index (χ2v) is 3.36. The first-order valence-electron chi connectivity index (χ1n) is 4.10. The van der Waals surface area contributed by atoms with E-state index in [0.717, 1.165) is 5.39 Å². The topological polar surface area (TPSA) is 37.3 Å². The van der Waals surface area contributed by atoms with Crippen LogP contribution < -0.4 is 0 Å². The molecule has 2 aromatic rings. The van der Waals surface area contributed by atoms with Crippen LogP contribution >= 0.6 is 11.6 Å². The molecule has 0 saturated heterocycles. The molecule has 0 saturated carbocycles. The van der Waals surface area contributed by atoms with Crippen molar-refractivity contribution in [1.82, 2.24) is 0 Å². The molecule has 0 fully saturated rings. The van der Waals surface area contributed by atoms with Crippen LogP contribution in [-0.2, 0) is 0 Å². The van der Waals surface area contributed by atoms with Crippen LogP contribution in [0.25, 0.3) is 10.8 Å². The van der Waals surface area contributed by atoms with Gasteiger partial charge in [0.2, 0.25) is 0 Å². The van der Waals surface area contributed by atoms with E-state index >= 15 is 0 Å². The Morgan fingerprint density at radius 3 is 2.57 bits per heavy atom. The number of rotatable bonds is 1. The van der Waals surface area contributed by atoms with Crippen molar-refractivity contribution in [2.45, 2.75) is 0 Å². The zero-order chi connectivity index (χ0) is 10.1. The lowest BCUT2D eigenvalue weighted by Gasteiger charge is -2.03. The summed E-state index contributed by atoms with van der Waals surface area (Å²) in [6.45, 7) is 0. The second kappa shape index (κ2) is 3.31. The predicted octanol–water partition coefficient (Wildman–Crippen LogP) is 3.19. The third-order valence-corrected chi connectivity index (χ3v) is 2.41. The minimum absolute atomic E-state index is 0.171. The zero-order valence-electron chi connectivity index (χ0n) is 7.20. The summed E-state index contributed by atoms with van der Waals surface area (Å²) in [4.78, 5) is 11.0. The highest BCUT2D eigenvalue weighted by Crippen LogP contribution is 2.25. The lowest BCUT2D eigenvalue weighted by Crippen LogP contribution is -1.98. The lowest BCUT2D eigenvalue weighted by atomic mass is 10.0. The minimum atomic E-state index is -0.994. The van der Waals surface area contributed by atoms with Crippen LogP contribution in [0.15, 0.2) is 36.4 Å². The Morgan fingerprint density at radius 2 is 1.86 bits per heavy atom. The van der Waals surface area contributed by atoms with E-state index in [0.29, 0.717) is 5.39 Å². The van der Waals surface area contributed by atoms with Gasteiger partial charge in [0.1, 0.15) is 0 Å². The van der Waals surface area contributed by atoms with Crippen LogP contribution in [-0.4, -0.2) is 11.1 Å². The predicted molar refractivity (Wildman–Crippen MR) is 55.9 cm³/mol. The minimum Gasteiger partial charge on any atom is -0.478 e. The fourth-order valence-electron chi connectivity index (χ4n) is 1.46. The molecular weight excluding hydrogens is 200 g/mol. The highest BCUT2D eigenvalue weighted by atomic mass is 35.5. The van der Waals surface area contributed by atoms with Gasteiger partial charge < -0.3 is 5.11 Å². The molecule has 0 atom stereocenters. The Balaban J connectivity index is 2.90. The first-order valence-corrected chi connectivity index (χ1v) is 4.48. The van der Waals surface area contributed by atoms with E-state index < -0.39 is 5.97 Å². The quantitative estimate of drug-likeness (QED) is 0.778. The van der Waals surface area contributed by atoms with Gasteiger partial charge in [-0.05, 0) is 16.8 Å². The number of benzene rings is 2. The van der Waals surface area contributed by atoms with E-state index in [9.17, 15) is 4.79 Å². The smallest absolute Gasteiger partial charge is 0.337 e. The fraction of sp³-hybridized carbons (Fsp3) is 0. The third-order valence-electron chi connectivity index (χ3n) is 2.09. The third kappa shape index (κ3) is 1.34. The van der Waals surface area contributed by atoms with E-state index in [-0.39, 0.29) is 10.6 Å². The summed E-state index contributed by atoms with van der Waals surface area (Å²) in [6, 6.07) is 10.7. The molecule has 3 heteroatoms. The van der Waals surface area contributed by atoms with Gasteiger partial charge in [0.05, 0.1) is 10.6 Å². The van der Waals surface area contributed by atoms with Crippen molar-refractivity contribution < 1.29 is 9.90 Å². The molecule has 14 heavy (non-hydrogen) atoms. The summed E-state index contributed by atoms with van der Waals surface area (Å²) < 4.78 is 0. The van der Waals surface area contributed by atoms with Gasteiger partial charge in [-0.2, -0.15) is 0 Å². The second-order valence-electron chi connectivity index (χ2n) is 2.95. The number of carboxylic acid groups (broad SMARTS) is 1. The molecule has 2 rings (SSSR count). The summed E-state index contributed by atoms with van der Waals surface area (Å²) in [5.74, 6) is -0.994. The van der Waals surface area contributed by atoms with Crippen molar-refractivity contribution in [3.05, 3.63) is 47.0 Å². The summed E-state index contributed by atoms with van der Waals surface area (Å²) in [5.41, 5.74) is 0.171. The van der Waals surface area contributed by atoms with Crippen molar-refractivity contribution in [1.29, 1.82) is 0 Å². The Labute approximate surface area is 85.7 Å². The molecule has 2 nitrogen and oxygen atoms in total. The molecule has 0 bridgehead atoms. The van der Waals surface area contributed by atoms with E-state index in [1.54, 1.807) is 18.2 Å². The Bertz CT molecular complexity index is 506. The molecule has 0 unspecified atom stereocenters. The molecule has 2 aromatic carbocycles. The first-order chi connectivity index (χ1) is 6.70. The van der Waals surface area contributed by atoms with Gasteiger partial charge in [0, 0.05) is 0 Å². The highest BCUT2D eigenvalue weighted by Gasteiger charge is 2.12. The molecule has 0 aliphatic heterocycles. The zero-order valence-corrected chi connectivity index (χ0v) is 7.95. The number of carboxylic acids is 1. The number of hydrogen-bond acceptors (Lipinski definition) is 1. The maximum atomic E-state index is 11.0. The SMILES string of the molecule is O=C(O)c1c(Cl)ccc2ccccc12. The van der Waals surface area contributed by atoms with Gasteiger partial charge in [-0.25, -0.2) is 4.79 Å². The molecule has 1 N–H and O–H groups in total. The molecule has 0 radical (unpaired) electrons. The van der Waals surface area contributed by atoms with Crippen molar-refractivity contribution in [2.24, 2.45) is 0 Å². The van der Waals surface area contributed by atoms with E-state index in [2.05, 4.69) is 0 Å². The Hall–Kier alpha value is -1.54. The summed E-state index contributed by atoms with van der Waals surface area (Å²) in [7, 11) is 0. The molecule has 0 amide bonds. The van der Waals surface area contributed by atoms with Crippen LogP contribution in [0.4, 0.5) is 0 Å². The molecule has 0 aliphatic rings. The molecule has 0 aliphatic carbocycles. The van der Waals surface area contributed by atoms with Gasteiger partial charge >= 0.3 is 5.97 Å². The average Bonchev–Trinajstić information content (AvgIpc) is 2.17. The van der Waals surface area contributed by atoms with Crippen molar-refractivity contribution in [2.75, 3.05) is 0 Å². The number of aromatic carboxylic acids is 1. The number of hydrogen-bond donors (Lipinski definition) is 1. The van der Waals surface area contributed by atoms with Gasteiger partial charge in [0.25, 0.3) is 0 Å². The summed E-state index contributed by atoms with van der Waals surface area (Å²) in [6.07, 6.45) is 0. The normalized spacial score (nSPS) is 10.4. The van der Waals surface area contributed by atoms with Crippen molar-refractivity contribution in [3.8, 4) is 0 Å². The van der Waals surface area contributed by atoms with E-state index in [1.165, 1.54) is 0 Å². The van der Waals surface area contributed by atoms with Gasteiger partial charge in [0.15, 0.2) is 0 Å². The van der Waals surface area contributed by atoms with E-state index in [1.807, 2.05) is 18.2 Å². The standard InChI is InChI=1S/C11H7ClO2/c12-9-6-5-7-3-1-2-4-8(7)10(9)11(13)14/h1-6H,(H,13,14). The maximum Gasteiger partial charge on any atom is 0.337 e. The Kier molecular flexibility index (Phi) is 2.14. The number of halogens is 1. The van der Waals surface area contributed by atoms with Gasteiger partial charge in [-0.15, -0.1) is 0 Å². The monoisotopic (exact) mass is 206 g/mol. The van der Waals surface area contributed by atoms with Crippen LogP contribution in [0.2, 0.25) is 5.02 Å². The summed E-state index contributed by atoms with van der Waals surface area (Å²) >= 11 is 5.82. The average molecular weight is 207 g/mol. The molecule has 0 spiro atoms. The van der Waals surface area contributed by atoms with Crippen LogP contribution in [0.5, 0.6) is 0 Å². The molecular formula is C11H7ClO2. The Morgan fingerprint density at radius 1 is 1.14 bits per heavy atom. The van der Waals surface area contributed by atoms with Crippen molar-refractivity contribution in [3.63, 3.8) is 0 Å². The van der Waals surface area contributed by atoms with E-state index in [4.69, 9.17) is 16.7 Å². The van der Waals surface area contributed by atoms with Crippen LogP contribution in [0.3, 0.4) is 0 Å². The maximum absolute atomic E-state index is 11.0. The molecule has 0 aromatic heterocycles. The van der Waals surface area contributed by atoms with Crippen LogP contribution in [0, 0.1) is 0 Å². The van der Waals surface area contributed by atoms with Crippen molar-refractivity contribution >= 4 is 28.3 Å². The lowest BCUT2D eigenvalue weighted by molar-refractivity contribution is 0.0699. The summed E-state index contributed by atoms with van der Waals surface area (Å²) in [5, 5.41) is 10.8. The fourth-order valence-corrected chi connectivity index (χ4v) is 1.71. The molecule has 0 heterocycles.